The van der Waals surface area contributed by atoms with Crippen molar-refractivity contribution < 1.29 is 18.7 Å². The van der Waals surface area contributed by atoms with E-state index in [-0.39, 0.29) is 11.3 Å². The quantitative estimate of drug-likeness (QED) is 0.708. The zero-order valence-electron chi connectivity index (χ0n) is 6.77. The van der Waals surface area contributed by atoms with E-state index in [4.69, 9.17) is 5.11 Å². The second kappa shape index (κ2) is 3.38. The lowest BCUT2D eigenvalue weighted by molar-refractivity contribution is 0.209. The number of rotatable bonds is 1. The highest BCUT2D eigenvalue weighted by Gasteiger charge is 2.11. The molecule has 1 amide bonds. The lowest BCUT2D eigenvalue weighted by Gasteiger charge is -2.06. The zero-order valence-corrected chi connectivity index (χ0v) is 6.77. The van der Waals surface area contributed by atoms with Gasteiger partial charge in [-0.1, -0.05) is 0 Å². The van der Waals surface area contributed by atoms with Crippen molar-refractivity contribution in [2.24, 2.45) is 0 Å². The van der Waals surface area contributed by atoms with Gasteiger partial charge in [0, 0.05) is 5.56 Å². The molecule has 0 fully saturated rings. The van der Waals surface area contributed by atoms with Gasteiger partial charge in [-0.2, -0.15) is 0 Å². The van der Waals surface area contributed by atoms with Crippen molar-refractivity contribution >= 4 is 11.8 Å². The molecule has 0 aromatic heterocycles. The Morgan fingerprint density at radius 1 is 1.38 bits per heavy atom. The molecule has 1 rings (SSSR count). The van der Waals surface area contributed by atoms with Crippen molar-refractivity contribution in [3.05, 3.63) is 29.3 Å². The van der Waals surface area contributed by atoms with Gasteiger partial charge in [0.2, 0.25) is 0 Å². The Morgan fingerprint density at radius 2 is 1.92 bits per heavy atom. The van der Waals surface area contributed by atoms with E-state index in [0.717, 1.165) is 12.1 Å². The third-order valence-corrected chi connectivity index (χ3v) is 1.58. The summed E-state index contributed by atoms with van der Waals surface area (Å²) in [6.45, 7) is 1.30. The molecule has 0 radical (unpaired) electrons. The van der Waals surface area contributed by atoms with Crippen LogP contribution >= 0.6 is 0 Å². The van der Waals surface area contributed by atoms with Crippen LogP contribution in [0, 0.1) is 18.6 Å². The van der Waals surface area contributed by atoms with Crippen LogP contribution in [-0.2, 0) is 0 Å². The molecule has 13 heavy (non-hydrogen) atoms. The van der Waals surface area contributed by atoms with Crippen LogP contribution in [0.1, 0.15) is 5.56 Å². The highest BCUT2D eigenvalue weighted by molar-refractivity contribution is 5.84. The van der Waals surface area contributed by atoms with Gasteiger partial charge in [-0.05, 0) is 19.1 Å². The minimum absolute atomic E-state index is 0.0533. The van der Waals surface area contributed by atoms with Crippen molar-refractivity contribution in [2.75, 3.05) is 5.32 Å². The summed E-state index contributed by atoms with van der Waals surface area (Å²) in [5.41, 5.74) is -0.394. The van der Waals surface area contributed by atoms with Crippen molar-refractivity contribution in [2.45, 2.75) is 6.92 Å². The summed E-state index contributed by atoms with van der Waals surface area (Å²) < 4.78 is 25.7. The van der Waals surface area contributed by atoms with Gasteiger partial charge in [0.1, 0.15) is 11.6 Å². The Kier molecular flexibility index (Phi) is 2.46. The molecule has 0 saturated carbocycles. The van der Waals surface area contributed by atoms with Crippen LogP contribution in [0.2, 0.25) is 0 Å². The molecule has 0 aliphatic carbocycles. The van der Waals surface area contributed by atoms with E-state index in [2.05, 4.69) is 0 Å². The lowest BCUT2D eigenvalue weighted by Crippen LogP contribution is -2.10. The fraction of sp³-hybridized carbons (Fsp3) is 0.125. The summed E-state index contributed by atoms with van der Waals surface area (Å²) in [6.07, 6.45) is -1.42. The molecular weight excluding hydrogens is 180 g/mol. The molecular formula is C8H7F2NO2. The average molecular weight is 187 g/mol. The summed E-state index contributed by atoms with van der Waals surface area (Å²) in [5, 5.41) is 10.1. The number of carboxylic acid groups (broad SMARTS) is 1. The first kappa shape index (κ1) is 9.44. The first-order valence-corrected chi connectivity index (χ1v) is 3.47. The predicted molar refractivity (Wildman–Crippen MR) is 42.7 cm³/mol. The number of amides is 1. The van der Waals surface area contributed by atoms with E-state index in [9.17, 15) is 13.6 Å². The van der Waals surface area contributed by atoms with E-state index < -0.39 is 17.7 Å². The predicted octanol–water partition coefficient (Wildman–Crippen LogP) is 2.36. The minimum atomic E-state index is -1.42. The van der Waals surface area contributed by atoms with Crippen LogP contribution in [-0.4, -0.2) is 11.2 Å². The van der Waals surface area contributed by atoms with Crippen LogP contribution in [0.4, 0.5) is 19.3 Å². The molecule has 0 aliphatic rings. The van der Waals surface area contributed by atoms with Gasteiger partial charge >= 0.3 is 6.09 Å². The van der Waals surface area contributed by atoms with Gasteiger partial charge in [-0.3, -0.25) is 5.32 Å². The molecule has 0 bridgehead atoms. The standard InChI is InChI=1S/C8H7F2NO2/c1-4-5(9)2-3-6(10)7(4)11-8(12)13/h2-3,11H,1H3,(H,12,13). The van der Waals surface area contributed by atoms with E-state index in [0.29, 0.717) is 0 Å². The summed E-state index contributed by atoms with van der Waals surface area (Å²) >= 11 is 0. The minimum Gasteiger partial charge on any atom is -0.465 e. The van der Waals surface area contributed by atoms with Crippen LogP contribution < -0.4 is 5.32 Å². The number of benzene rings is 1. The van der Waals surface area contributed by atoms with Gasteiger partial charge in [-0.15, -0.1) is 0 Å². The second-order valence-electron chi connectivity index (χ2n) is 2.46. The maximum atomic E-state index is 12.9. The molecule has 2 N–H and O–H groups in total. The van der Waals surface area contributed by atoms with Gasteiger partial charge in [-0.25, -0.2) is 13.6 Å². The Labute approximate surface area is 73.0 Å². The van der Waals surface area contributed by atoms with Gasteiger partial charge in [0.25, 0.3) is 0 Å². The SMILES string of the molecule is Cc1c(F)ccc(F)c1NC(=O)O. The molecule has 0 unspecified atom stereocenters. The zero-order chi connectivity index (χ0) is 10.0. The van der Waals surface area contributed by atoms with Gasteiger partial charge < -0.3 is 5.11 Å². The molecule has 1 aromatic rings. The third kappa shape index (κ3) is 1.93. The highest BCUT2D eigenvalue weighted by Crippen LogP contribution is 2.21. The summed E-state index contributed by atoms with van der Waals surface area (Å²) in [4.78, 5) is 10.2. The Balaban J connectivity index is 3.17. The summed E-state index contributed by atoms with van der Waals surface area (Å²) in [6, 6.07) is 1.81. The lowest BCUT2D eigenvalue weighted by atomic mass is 10.2. The Hall–Kier alpha value is -1.65. The number of anilines is 1. The number of hydrogen-bond donors (Lipinski definition) is 2. The first-order valence-electron chi connectivity index (χ1n) is 3.47. The molecule has 1 aromatic carbocycles. The van der Waals surface area contributed by atoms with Crippen LogP contribution in [0.3, 0.4) is 0 Å². The Morgan fingerprint density at radius 3 is 2.46 bits per heavy atom. The first-order chi connectivity index (χ1) is 6.02. The normalized spacial score (nSPS) is 9.77. The smallest absolute Gasteiger partial charge is 0.409 e. The molecule has 3 nitrogen and oxygen atoms in total. The van der Waals surface area contributed by atoms with Gasteiger partial charge in [0.15, 0.2) is 0 Å². The summed E-state index contributed by atoms with van der Waals surface area (Å²) in [7, 11) is 0. The highest BCUT2D eigenvalue weighted by atomic mass is 19.1. The maximum Gasteiger partial charge on any atom is 0.409 e. The maximum absolute atomic E-state index is 12.9. The molecule has 0 atom stereocenters. The van der Waals surface area contributed by atoms with E-state index >= 15 is 0 Å². The van der Waals surface area contributed by atoms with Crippen molar-refractivity contribution in [3.8, 4) is 0 Å². The molecule has 70 valence electrons. The van der Waals surface area contributed by atoms with Crippen LogP contribution in [0.25, 0.3) is 0 Å². The molecule has 0 heterocycles. The van der Waals surface area contributed by atoms with E-state index in [1.54, 1.807) is 5.32 Å². The van der Waals surface area contributed by atoms with Gasteiger partial charge in [0.05, 0.1) is 5.69 Å². The molecule has 0 spiro atoms. The van der Waals surface area contributed by atoms with Crippen LogP contribution in [0.5, 0.6) is 0 Å². The molecule has 5 heteroatoms. The van der Waals surface area contributed by atoms with E-state index in [1.807, 2.05) is 0 Å². The molecule has 0 aliphatic heterocycles. The van der Waals surface area contributed by atoms with Crippen molar-refractivity contribution in [1.82, 2.24) is 0 Å². The van der Waals surface area contributed by atoms with Crippen LogP contribution in [0.15, 0.2) is 12.1 Å². The van der Waals surface area contributed by atoms with Crippen molar-refractivity contribution in [3.63, 3.8) is 0 Å². The third-order valence-electron chi connectivity index (χ3n) is 1.58. The number of carbonyl (C=O) groups is 1. The Bertz CT molecular complexity index is 352. The number of hydrogen-bond acceptors (Lipinski definition) is 1. The fourth-order valence-electron chi connectivity index (χ4n) is 0.914. The fourth-order valence-corrected chi connectivity index (χ4v) is 0.914. The second-order valence-corrected chi connectivity index (χ2v) is 2.46. The molecule has 0 saturated heterocycles. The van der Waals surface area contributed by atoms with E-state index in [1.165, 1.54) is 6.92 Å². The number of nitrogens with one attached hydrogen (secondary N) is 1. The average Bonchev–Trinajstić information content (AvgIpc) is 2.05. The topological polar surface area (TPSA) is 49.3 Å². The van der Waals surface area contributed by atoms with Crippen molar-refractivity contribution in [1.29, 1.82) is 0 Å². The largest absolute Gasteiger partial charge is 0.465 e. The monoisotopic (exact) mass is 187 g/mol. The summed E-state index contributed by atoms with van der Waals surface area (Å²) in [5.74, 6) is -1.44. The number of halogens is 2.